The molecular formula is C28H23Cl2N3O. The molecule has 0 saturated heterocycles. The van der Waals surface area contributed by atoms with Gasteiger partial charge >= 0.3 is 0 Å². The van der Waals surface area contributed by atoms with E-state index in [4.69, 9.17) is 28.2 Å². The first-order valence-corrected chi connectivity index (χ1v) is 11.9. The van der Waals surface area contributed by atoms with E-state index in [0.29, 0.717) is 15.9 Å². The first-order chi connectivity index (χ1) is 16.5. The van der Waals surface area contributed by atoms with Gasteiger partial charge in [0.15, 0.2) is 0 Å². The molecule has 5 rings (SSSR count). The number of rotatable bonds is 6. The molecule has 0 fully saturated rings. The number of halogens is 2. The first kappa shape index (κ1) is 22.6. The molecule has 0 bridgehead atoms. The highest BCUT2D eigenvalue weighted by Gasteiger charge is 2.19. The summed E-state index contributed by atoms with van der Waals surface area (Å²) in [6.45, 7) is 1.86. The fourth-order valence-corrected chi connectivity index (χ4v) is 4.77. The molecule has 0 amide bonds. The lowest BCUT2D eigenvalue weighted by Crippen LogP contribution is -2.03. The zero-order valence-corrected chi connectivity index (χ0v) is 20.1. The Morgan fingerprint density at radius 3 is 2.41 bits per heavy atom. The largest absolute Gasteiger partial charge is 0.382 e. The smallest absolute Gasteiger partial charge is 0.137 e. The van der Waals surface area contributed by atoms with Gasteiger partial charge in [-0.1, -0.05) is 71.7 Å². The maximum absolute atomic E-state index is 11.0. The molecule has 3 aromatic carbocycles. The third-order valence-electron chi connectivity index (χ3n) is 6.04. The highest BCUT2D eigenvalue weighted by Crippen LogP contribution is 2.37. The number of nitrogens with one attached hydrogen (secondary N) is 1. The summed E-state index contributed by atoms with van der Waals surface area (Å²) in [6.07, 6.45) is 2.47. The van der Waals surface area contributed by atoms with Gasteiger partial charge in [0.2, 0.25) is 0 Å². The molecule has 0 aliphatic carbocycles. The fraction of sp³-hybridized carbons (Fsp3) is 0.143. The second-order valence-corrected chi connectivity index (χ2v) is 9.15. The van der Waals surface area contributed by atoms with Crippen molar-refractivity contribution in [2.75, 3.05) is 0 Å². The average molecular weight is 488 g/mol. The molecule has 2 heterocycles. The van der Waals surface area contributed by atoms with Crippen molar-refractivity contribution in [1.29, 1.82) is 0 Å². The fourth-order valence-electron chi connectivity index (χ4n) is 4.33. The Morgan fingerprint density at radius 2 is 1.71 bits per heavy atom. The molecule has 1 unspecified atom stereocenters. The van der Waals surface area contributed by atoms with Gasteiger partial charge in [-0.05, 0) is 66.3 Å². The number of benzene rings is 3. The van der Waals surface area contributed by atoms with Crippen molar-refractivity contribution in [2.45, 2.75) is 25.9 Å². The van der Waals surface area contributed by atoms with E-state index in [1.54, 1.807) is 6.20 Å². The number of H-pyrrole nitrogens is 1. The maximum atomic E-state index is 11.0. The number of hydrogen-bond donors (Lipinski definition) is 2. The van der Waals surface area contributed by atoms with Gasteiger partial charge in [-0.2, -0.15) is 0 Å². The highest BCUT2D eigenvalue weighted by molar-refractivity contribution is 6.33. The van der Waals surface area contributed by atoms with Gasteiger partial charge in [0.05, 0.1) is 17.4 Å². The minimum Gasteiger partial charge on any atom is -0.382 e. The molecule has 2 aromatic heterocycles. The van der Waals surface area contributed by atoms with Crippen molar-refractivity contribution in [3.05, 3.63) is 117 Å². The number of aliphatic hydroxyl groups is 1. The zero-order chi connectivity index (χ0) is 23.7. The minimum absolute atomic E-state index is 0.454. The van der Waals surface area contributed by atoms with Crippen LogP contribution in [0.2, 0.25) is 10.2 Å². The lowest BCUT2D eigenvalue weighted by Gasteiger charge is -2.17. The van der Waals surface area contributed by atoms with Crippen molar-refractivity contribution < 1.29 is 5.11 Å². The summed E-state index contributed by atoms with van der Waals surface area (Å²) >= 11 is 12.9. The Hall–Kier alpha value is -3.18. The van der Waals surface area contributed by atoms with Gasteiger partial charge in [-0.3, -0.25) is 0 Å². The van der Waals surface area contributed by atoms with E-state index < -0.39 is 6.10 Å². The zero-order valence-electron chi connectivity index (χ0n) is 18.6. The van der Waals surface area contributed by atoms with E-state index in [1.807, 2.05) is 67.6 Å². The second-order valence-electron chi connectivity index (χ2n) is 8.35. The first-order valence-electron chi connectivity index (χ1n) is 11.1. The quantitative estimate of drug-likeness (QED) is 0.251. The van der Waals surface area contributed by atoms with Gasteiger partial charge in [0.25, 0.3) is 0 Å². The van der Waals surface area contributed by atoms with E-state index in [9.17, 15) is 5.11 Å². The summed E-state index contributed by atoms with van der Waals surface area (Å²) in [5.41, 5.74) is 6.41. The van der Waals surface area contributed by atoms with Gasteiger partial charge in [0.1, 0.15) is 17.1 Å². The number of fused-ring (bicyclic) bond motifs is 1. The Labute approximate surface area is 208 Å². The van der Waals surface area contributed by atoms with Crippen molar-refractivity contribution in [2.24, 2.45) is 0 Å². The van der Waals surface area contributed by atoms with Gasteiger partial charge < -0.3 is 10.1 Å². The molecule has 1 atom stereocenters. The summed E-state index contributed by atoms with van der Waals surface area (Å²) in [4.78, 5) is 12.0. The van der Waals surface area contributed by atoms with E-state index in [-0.39, 0.29) is 0 Å². The molecule has 0 radical (unpaired) electrons. The molecule has 6 heteroatoms. The molecular weight excluding hydrogens is 465 g/mol. The predicted octanol–water partition coefficient (Wildman–Crippen LogP) is 7.11. The lowest BCUT2D eigenvalue weighted by molar-refractivity contribution is 0.216. The molecule has 5 aromatic rings. The summed E-state index contributed by atoms with van der Waals surface area (Å²) < 4.78 is 0. The number of aliphatic hydroxyl groups excluding tert-OH is 1. The molecule has 34 heavy (non-hydrogen) atoms. The topological polar surface area (TPSA) is 61.8 Å². The van der Waals surface area contributed by atoms with Crippen molar-refractivity contribution in [3.8, 4) is 11.1 Å². The van der Waals surface area contributed by atoms with E-state index >= 15 is 0 Å². The van der Waals surface area contributed by atoms with Crippen LogP contribution in [-0.4, -0.2) is 20.1 Å². The third-order valence-corrected chi connectivity index (χ3v) is 6.57. The van der Waals surface area contributed by atoms with Crippen LogP contribution in [0.4, 0.5) is 0 Å². The summed E-state index contributed by atoms with van der Waals surface area (Å²) in [5, 5.41) is 13.1. The molecule has 2 N–H and O–H groups in total. The predicted molar refractivity (Wildman–Crippen MR) is 138 cm³/mol. The molecule has 170 valence electrons. The van der Waals surface area contributed by atoms with Crippen LogP contribution in [0.15, 0.2) is 79.0 Å². The van der Waals surface area contributed by atoms with Gasteiger partial charge in [-0.25, -0.2) is 9.97 Å². The number of aromatic nitrogens is 3. The van der Waals surface area contributed by atoms with Crippen LogP contribution in [0, 0.1) is 6.92 Å². The van der Waals surface area contributed by atoms with Crippen LogP contribution in [0.5, 0.6) is 0 Å². The number of nitrogens with zero attached hydrogens (tertiary/aromatic N) is 2. The number of imidazole rings is 1. The number of hydrogen-bond acceptors (Lipinski definition) is 3. The lowest BCUT2D eigenvalue weighted by atomic mass is 9.91. The second kappa shape index (κ2) is 9.59. The van der Waals surface area contributed by atoms with Crippen molar-refractivity contribution in [1.82, 2.24) is 15.0 Å². The van der Waals surface area contributed by atoms with Crippen LogP contribution in [0.1, 0.15) is 34.3 Å². The van der Waals surface area contributed by atoms with Gasteiger partial charge in [-0.15, -0.1) is 0 Å². The van der Waals surface area contributed by atoms with Crippen molar-refractivity contribution >= 4 is 34.1 Å². The van der Waals surface area contributed by atoms with Crippen LogP contribution < -0.4 is 0 Å². The average Bonchev–Trinajstić information content (AvgIpc) is 3.29. The number of aromatic amines is 1. The Morgan fingerprint density at radius 1 is 0.941 bits per heavy atom. The highest BCUT2D eigenvalue weighted by atomic mass is 35.5. The van der Waals surface area contributed by atoms with E-state index in [2.05, 4.69) is 22.1 Å². The van der Waals surface area contributed by atoms with Crippen LogP contribution in [0.25, 0.3) is 22.0 Å². The molecule has 0 saturated carbocycles. The minimum atomic E-state index is -0.817. The van der Waals surface area contributed by atoms with E-state index in [0.717, 1.165) is 51.8 Å². The number of pyridine rings is 1. The molecule has 4 nitrogen and oxygen atoms in total. The Balaban J connectivity index is 1.67. The molecule has 0 aliphatic heterocycles. The van der Waals surface area contributed by atoms with Crippen molar-refractivity contribution in [3.63, 3.8) is 0 Å². The monoisotopic (exact) mass is 487 g/mol. The third kappa shape index (κ3) is 4.58. The summed E-state index contributed by atoms with van der Waals surface area (Å²) in [7, 11) is 0. The van der Waals surface area contributed by atoms with Crippen LogP contribution in [0.3, 0.4) is 0 Å². The summed E-state index contributed by atoms with van der Waals surface area (Å²) in [6, 6.07) is 23.8. The number of aryl methyl sites for hydroxylation is 3. The standard InChI is InChI=1S/C28H23Cl2N3O/c1-17-31-16-25(32-17)27(34)20-10-14-24-23(15-20)22(13-7-18-5-3-2-4-6-18)26(28(30)33-24)19-8-11-21(29)12-9-19/h2-6,8-12,14-16,27,34H,7,13H2,1H3,(H,31,32). The van der Waals surface area contributed by atoms with Crippen LogP contribution >= 0.6 is 23.2 Å². The molecule has 0 aliphatic rings. The maximum Gasteiger partial charge on any atom is 0.137 e. The Kier molecular flexibility index (Phi) is 6.38. The van der Waals surface area contributed by atoms with Gasteiger partial charge in [0, 0.05) is 16.0 Å². The SMILES string of the molecule is Cc1ncc(C(O)c2ccc3nc(Cl)c(-c4ccc(Cl)cc4)c(CCc4ccccc4)c3c2)[nH]1. The normalized spacial score (nSPS) is 12.2. The Bertz CT molecular complexity index is 1450. The van der Waals surface area contributed by atoms with E-state index in [1.165, 1.54) is 5.56 Å². The molecule has 0 spiro atoms. The summed E-state index contributed by atoms with van der Waals surface area (Å²) in [5.74, 6) is 0.761. The van der Waals surface area contributed by atoms with Crippen LogP contribution in [-0.2, 0) is 12.8 Å².